The molecule has 0 saturated carbocycles. The monoisotopic (exact) mass is 364 g/mol. The Balaban J connectivity index is 2.24. The number of sulfonamides is 1. The van der Waals surface area contributed by atoms with E-state index in [-0.39, 0.29) is 21.0 Å². The number of hydrogen-bond acceptors (Lipinski definition) is 5. The van der Waals surface area contributed by atoms with Crippen LogP contribution in [0.1, 0.15) is 15.9 Å². The van der Waals surface area contributed by atoms with Gasteiger partial charge in [-0.25, -0.2) is 18.4 Å². The van der Waals surface area contributed by atoms with Gasteiger partial charge in [-0.3, -0.25) is 0 Å². The predicted molar refractivity (Wildman–Crippen MR) is 96.0 cm³/mol. The number of nitrogens with two attached hydrogens (primary N) is 1. The average Bonchev–Trinajstić information content (AvgIpc) is 2.52. The lowest BCUT2D eigenvalue weighted by atomic mass is 10.2. The number of hydrogen-bond donors (Lipinski definition) is 4. The van der Waals surface area contributed by atoms with Gasteiger partial charge in [-0.15, -0.1) is 12.6 Å². The highest BCUT2D eigenvalue weighted by atomic mass is 32.2. The average molecular weight is 364 g/mol. The van der Waals surface area contributed by atoms with Crippen LogP contribution in [-0.2, 0) is 10.0 Å². The fraction of sp³-hybridized carbons (Fsp3) is 0.0625. The summed E-state index contributed by atoms with van der Waals surface area (Å²) in [6, 6.07) is 11.9. The number of anilines is 1. The maximum absolute atomic E-state index is 11.6. The highest BCUT2D eigenvalue weighted by molar-refractivity contribution is 7.90. The van der Waals surface area contributed by atoms with Gasteiger partial charge in [0.1, 0.15) is 0 Å². The highest BCUT2D eigenvalue weighted by Crippen LogP contribution is 2.29. The topological polar surface area (TPSA) is 109 Å². The van der Waals surface area contributed by atoms with E-state index in [0.717, 1.165) is 11.6 Å². The van der Waals surface area contributed by atoms with Gasteiger partial charge >= 0.3 is 5.97 Å². The van der Waals surface area contributed by atoms with E-state index < -0.39 is 16.0 Å². The zero-order valence-electron chi connectivity index (χ0n) is 12.5. The van der Waals surface area contributed by atoms with Crippen molar-refractivity contribution in [2.24, 2.45) is 5.14 Å². The van der Waals surface area contributed by atoms with E-state index in [1.165, 1.54) is 6.07 Å². The molecule has 0 spiro atoms. The van der Waals surface area contributed by atoms with Crippen molar-refractivity contribution in [3.8, 4) is 0 Å². The number of carboxylic acid groups (broad SMARTS) is 1. The third-order valence-corrected chi connectivity index (χ3v) is 4.72. The zero-order chi connectivity index (χ0) is 17.7. The van der Waals surface area contributed by atoms with E-state index in [1.54, 1.807) is 0 Å². The molecule has 0 bridgehead atoms. The summed E-state index contributed by atoms with van der Waals surface area (Å²) < 4.78 is 23.2. The Morgan fingerprint density at radius 1 is 1.25 bits per heavy atom. The third kappa shape index (κ3) is 4.60. The van der Waals surface area contributed by atoms with Crippen LogP contribution in [-0.4, -0.2) is 26.0 Å². The molecule has 2 aromatic carbocycles. The summed E-state index contributed by atoms with van der Waals surface area (Å²) in [7, 11) is -4.08. The van der Waals surface area contributed by atoms with Gasteiger partial charge in [0.15, 0.2) is 0 Å². The van der Waals surface area contributed by atoms with Gasteiger partial charge in [0, 0.05) is 11.4 Å². The molecular formula is C16H16N2O4S2. The van der Waals surface area contributed by atoms with Gasteiger partial charge < -0.3 is 10.4 Å². The van der Waals surface area contributed by atoms with Gasteiger partial charge in [-0.2, -0.15) is 0 Å². The molecule has 0 fully saturated rings. The van der Waals surface area contributed by atoms with Gasteiger partial charge in [-0.05, 0) is 17.7 Å². The van der Waals surface area contributed by atoms with Crippen molar-refractivity contribution in [2.75, 3.05) is 11.9 Å². The van der Waals surface area contributed by atoms with Crippen molar-refractivity contribution in [1.82, 2.24) is 0 Å². The first-order valence-corrected chi connectivity index (χ1v) is 8.87. The number of rotatable bonds is 6. The summed E-state index contributed by atoms with van der Waals surface area (Å²) in [6.45, 7) is 0.357. The molecule has 0 aliphatic rings. The molecule has 2 aromatic rings. The summed E-state index contributed by atoms with van der Waals surface area (Å²) in [5, 5.41) is 17.2. The normalized spacial score (nSPS) is 11.6. The van der Waals surface area contributed by atoms with E-state index in [1.807, 2.05) is 42.5 Å². The van der Waals surface area contributed by atoms with Crippen LogP contribution < -0.4 is 10.5 Å². The van der Waals surface area contributed by atoms with E-state index in [4.69, 9.17) is 10.2 Å². The van der Waals surface area contributed by atoms with Crippen molar-refractivity contribution >= 4 is 40.4 Å². The molecule has 0 amide bonds. The lowest BCUT2D eigenvalue weighted by Crippen LogP contribution is -2.15. The van der Waals surface area contributed by atoms with Crippen LogP contribution in [0.15, 0.2) is 58.3 Å². The molecule has 0 aliphatic heterocycles. The second-order valence-electron chi connectivity index (χ2n) is 4.91. The first-order valence-electron chi connectivity index (χ1n) is 6.87. The number of aromatic carboxylic acids is 1. The van der Waals surface area contributed by atoms with Gasteiger partial charge in [0.25, 0.3) is 0 Å². The second-order valence-corrected chi connectivity index (χ2v) is 6.89. The molecule has 0 saturated heterocycles. The van der Waals surface area contributed by atoms with Crippen molar-refractivity contribution in [3.63, 3.8) is 0 Å². The summed E-state index contributed by atoms with van der Waals surface area (Å²) in [6.07, 6.45) is 3.71. The molecule has 126 valence electrons. The number of nitrogens with one attached hydrogen (secondary N) is 1. The van der Waals surface area contributed by atoms with Gasteiger partial charge in [0.2, 0.25) is 10.0 Å². The van der Waals surface area contributed by atoms with E-state index in [9.17, 15) is 13.2 Å². The van der Waals surface area contributed by atoms with Crippen molar-refractivity contribution in [2.45, 2.75) is 9.79 Å². The lowest BCUT2D eigenvalue weighted by Gasteiger charge is -2.12. The largest absolute Gasteiger partial charge is 0.478 e. The molecule has 6 nitrogen and oxygen atoms in total. The van der Waals surface area contributed by atoms with Crippen LogP contribution in [0.2, 0.25) is 0 Å². The fourth-order valence-corrected chi connectivity index (χ4v) is 3.27. The third-order valence-electron chi connectivity index (χ3n) is 3.15. The van der Waals surface area contributed by atoms with Crippen molar-refractivity contribution < 1.29 is 18.3 Å². The fourth-order valence-electron chi connectivity index (χ4n) is 2.01. The summed E-state index contributed by atoms with van der Waals surface area (Å²) in [5.74, 6) is -1.25. The van der Waals surface area contributed by atoms with Crippen LogP contribution in [0.25, 0.3) is 6.08 Å². The lowest BCUT2D eigenvalue weighted by molar-refractivity contribution is 0.0696. The Hall–Kier alpha value is -2.29. The second kappa shape index (κ2) is 7.52. The summed E-state index contributed by atoms with van der Waals surface area (Å²) >= 11 is 4.15. The van der Waals surface area contributed by atoms with E-state index in [2.05, 4.69) is 17.9 Å². The first kappa shape index (κ1) is 18.1. The molecule has 4 N–H and O–H groups in total. The number of carboxylic acids is 1. The summed E-state index contributed by atoms with van der Waals surface area (Å²) in [5.41, 5.74) is 1.10. The molecule has 8 heteroatoms. The SMILES string of the molecule is NS(=O)(=O)c1cc(C(=O)O)cc(NCC=Cc2ccccc2)c1S. The molecule has 0 heterocycles. The minimum atomic E-state index is -4.08. The summed E-state index contributed by atoms with van der Waals surface area (Å²) in [4.78, 5) is 10.9. The van der Waals surface area contributed by atoms with Crippen LogP contribution in [0.5, 0.6) is 0 Å². The maximum Gasteiger partial charge on any atom is 0.335 e. The molecule has 2 rings (SSSR count). The number of primary sulfonamides is 1. The molecule has 0 aliphatic carbocycles. The van der Waals surface area contributed by atoms with Crippen LogP contribution in [0, 0.1) is 0 Å². The first-order chi connectivity index (χ1) is 11.3. The van der Waals surface area contributed by atoms with Crippen LogP contribution in [0.3, 0.4) is 0 Å². The van der Waals surface area contributed by atoms with Gasteiger partial charge in [0.05, 0.1) is 16.1 Å². The number of benzene rings is 2. The van der Waals surface area contributed by atoms with Crippen LogP contribution >= 0.6 is 12.6 Å². The Kier molecular flexibility index (Phi) is 5.66. The van der Waals surface area contributed by atoms with Crippen LogP contribution in [0.4, 0.5) is 5.69 Å². The predicted octanol–water partition coefficient (Wildman–Crippen LogP) is 2.45. The van der Waals surface area contributed by atoms with E-state index in [0.29, 0.717) is 6.54 Å². The molecule has 0 radical (unpaired) electrons. The number of thiol groups is 1. The standard InChI is InChI=1S/C16H16N2O4S2/c17-24(21,22)14-10-12(16(19)20)9-13(15(14)23)18-8-4-7-11-5-2-1-3-6-11/h1-7,9-10,18,23H,8H2,(H,19,20)(H2,17,21,22). The Bertz CT molecular complexity index is 878. The van der Waals surface area contributed by atoms with Crippen molar-refractivity contribution in [3.05, 3.63) is 59.7 Å². The Morgan fingerprint density at radius 2 is 1.92 bits per heavy atom. The maximum atomic E-state index is 11.6. The molecule has 0 unspecified atom stereocenters. The minimum Gasteiger partial charge on any atom is -0.478 e. The van der Waals surface area contributed by atoms with E-state index >= 15 is 0 Å². The molecule has 0 atom stereocenters. The Labute approximate surface area is 145 Å². The van der Waals surface area contributed by atoms with Crippen molar-refractivity contribution in [1.29, 1.82) is 0 Å². The Morgan fingerprint density at radius 3 is 2.50 bits per heavy atom. The number of carbonyl (C=O) groups is 1. The minimum absolute atomic E-state index is 0.0793. The highest BCUT2D eigenvalue weighted by Gasteiger charge is 2.19. The van der Waals surface area contributed by atoms with Gasteiger partial charge in [-0.1, -0.05) is 42.5 Å². The molecule has 24 heavy (non-hydrogen) atoms. The smallest absolute Gasteiger partial charge is 0.335 e. The molecule has 0 aromatic heterocycles. The zero-order valence-corrected chi connectivity index (χ0v) is 14.2. The quantitative estimate of drug-likeness (QED) is 0.589. The molecular weight excluding hydrogens is 348 g/mol.